The van der Waals surface area contributed by atoms with Crippen LogP contribution in [0.4, 0.5) is 0 Å². The van der Waals surface area contributed by atoms with Gasteiger partial charge in [-0.3, -0.25) is 4.79 Å². The van der Waals surface area contributed by atoms with E-state index in [-0.39, 0.29) is 5.91 Å². The number of hydrogen-bond acceptors (Lipinski definition) is 6. The van der Waals surface area contributed by atoms with Gasteiger partial charge < -0.3 is 18.9 Å². The normalized spacial score (nSPS) is 10.8. The van der Waals surface area contributed by atoms with Crippen LogP contribution in [0.2, 0.25) is 5.02 Å². The maximum Gasteiger partial charge on any atom is 0.271 e. The molecule has 0 radical (unpaired) electrons. The predicted octanol–water partition coefficient (Wildman–Crippen LogP) is 7.43. The number of carbonyl (C=O) groups is 1. The number of nitrogens with one attached hydrogen (secondary N) is 1. The summed E-state index contributed by atoms with van der Waals surface area (Å²) in [5.41, 5.74) is 5.59. The van der Waals surface area contributed by atoms with Gasteiger partial charge in [-0.25, -0.2) is 5.43 Å². The number of rotatable bonds is 12. The van der Waals surface area contributed by atoms with E-state index >= 15 is 0 Å². The Kier molecular flexibility index (Phi) is 10.4. The zero-order chi connectivity index (χ0) is 28.3. The van der Waals surface area contributed by atoms with Gasteiger partial charge in [0.2, 0.25) is 0 Å². The van der Waals surface area contributed by atoms with Crippen LogP contribution in [0.3, 0.4) is 0 Å². The third-order valence-corrected chi connectivity index (χ3v) is 6.47. The third kappa shape index (κ3) is 8.00. The molecule has 0 bridgehead atoms. The summed E-state index contributed by atoms with van der Waals surface area (Å²) in [4.78, 5) is 12.8. The second-order valence-electron chi connectivity index (χ2n) is 8.52. The fourth-order valence-corrected chi connectivity index (χ4v) is 4.53. The first-order valence-electron chi connectivity index (χ1n) is 12.5. The predicted molar refractivity (Wildman–Crippen MR) is 160 cm³/mol. The zero-order valence-electron chi connectivity index (χ0n) is 22.0. The summed E-state index contributed by atoms with van der Waals surface area (Å²) in [7, 11) is 1.56. The Morgan fingerprint density at radius 3 is 2.40 bits per heavy atom. The van der Waals surface area contributed by atoms with Gasteiger partial charge in [-0.1, -0.05) is 54.1 Å². The number of hydrazone groups is 1. The number of ether oxygens (including phenoxy) is 4. The van der Waals surface area contributed by atoms with E-state index < -0.39 is 0 Å². The smallest absolute Gasteiger partial charge is 0.271 e. The van der Waals surface area contributed by atoms with E-state index in [0.717, 1.165) is 11.1 Å². The number of amides is 1. The lowest BCUT2D eigenvalue weighted by Gasteiger charge is -2.14. The van der Waals surface area contributed by atoms with E-state index in [2.05, 4.69) is 26.5 Å². The van der Waals surface area contributed by atoms with Gasteiger partial charge >= 0.3 is 0 Å². The molecule has 0 aliphatic heterocycles. The molecular formula is C31H28BrClN2O5. The molecule has 206 valence electrons. The molecule has 0 fully saturated rings. The van der Waals surface area contributed by atoms with Crippen LogP contribution in [0.15, 0.2) is 94.5 Å². The SMILES string of the molecule is CCOc1cc(C(=O)N/N=C/c2cc(Br)c(OCc3cccc(Cl)c3)c(OC)c2)ccc1OCc1ccccc1. The first-order valence-corrected chi connectivity index (χ1v) is 13.7. The average molecular weight is 624 g/mol. The Bertz CT molecular complexity index is 1480. The summed E-state index contributed by atoms with van der Waals surface area (Å²) < 4.78 is 23.8. The van der Waals surface area contributed by atoms with Gasteiger partial charge in [0.15, 0.2) is 23.0 Å². The maximum atomic E-state index is 12.8. The molecule has 0 atom stereocenters. The molecule has 0 unspecified atom stereocenters. The van der Waals surface area contributed by atoms with Crippen LogP contribution in [-0.4, -0.2) is 25.8 Å². The van der Waals surface area contributed by atoms with Crippen molar-refractivity contribution < 1.29 is 23.7 Å². The number of carbonyl (C=O) groups excluding carboxylic acids is 1. The van der Waals surface area contributed by atoms with Crippen LogP contribution in [0.1, 0.15) is 34.0 Å². The number of nitrogens with zero attached hydrogens (tertiary/aromatic N) is 1. The van der Waals surface area contributed by atoms with Crippen molar-refractivity contribution in [2.75, 3.05) is 13.7 Å². The first kappa shape index (κ1) is 29.0. The Morgan fingerprint density at radius 2 is 1.65 bits per heavy atom. The molecular weight excluding hydrogens is 596 g/mol. The monoisotopic (exact) mass is 622 g/mol. The fraction of sp³-hybridized carbons (Fsp3) is 0.161. The maximum absolute atomic E-state index is 12.8. The van der Waals surface area contributed by atoms with Crippen molar-refractivity contribution in [3.05, 3.63) is 117 Å². The van der Waals surface area contributed by atoms with Gasteiger partial charge in [0.25, 0.3) is 5.91 Å². The summed E-state index contributed by atoms with van der Waals surface area (Å²) in [6.45, 7) is 3.01. The van der Waals surface area contributed by atoms with Gasteiger partial charge in [0, 0.05) is 10.6 Å². The second-order valence-corrected chi connectivity index (χ2v) is 9.81. The number of methoxy groups -OCH3 is 1. The van der Waals surface area contributed by atoms with Crippen molar-refractivity contribution in [3.8, 4) is 23.0 Å². The molecule has 4 aromatic rings. The first-order chi connectivity index (χ1) is 19.5. The molecule has 0 saturated heterocycles. The molecule has 9 heteroatoms. The Morgan fingerprint density at radius 1 is 0.875 bits per heavy atom. The largest absolute Gasteiger partial charge is 0.493 e. The highest BCUT2D eigenvalue weighted by Crippen LogP contribution is 2.37. The highest BCUT2D eigenvalue weighted by atomic mass is 79.9. The van der Waals surface area contributed by atoms with Crippen LogP contribution in [0.25, 0.3) is 0 Å². The molecule has 4 aromatic carbocycles. The lowest BCUT2D eigenvalue weighted by atomic mass is 10.2. The topological polar surface area (TPSA) is 78.4 Å². The lowest BCUT2D eigenvalue weighted by molar-refractivity contribution is 0.0954. The van der Waals surface area contributed by atoms with Crippen LogP contribution in [0.5, 0.6) is 23.0 Å². The molecule has 7 nitrogen and oxygen atoms in total. The van der Waals surface area contributed by atoms with Gasteiger partial charge in [-0.05, 0) is 82.0 Å². The number of halogens is 2. The molecule has 0 heterocycles. The Balaban J connectivity index is 1.40. The molecule has 1 amide bonds. The zero-order valence-corrected chi connectivity index (χ0v) is 24.4. The second kappa shape index (κ2) is 14.4. The van der Waals surface area contributed by atoms with Crippen LogP contribution < -0.4 is 24.4 Å². The molecule has 0 aliphatic rings. The lowest BCUT2D eigenvalue weighted by Crippen LogP contribution is -2.17. The van der Waals surface area contributed by atoms with Crippen molar-refractivity contribution in [1.82, 2.24) is 5.43 Å². The summed E-state index contributed by atoms with van der Waals surface area (Å²) in [5.74, 6) is 1.70. The summed E-state index contributed by atoms with van der Waals surface area (Å²) in [6.07, 6.45) is 1.52. The van der Waals surface area contributed by atoms with Crippen LogP contribution >= 0.6 is 27.5 Å². The average Bonchev–Trinajstić information content (AvgIpc) is 2.96. The van der Waals surface area contributed by atoms with Crippen LogP contribution in [0, 0.1) is 0 Å². The number of hydrogen-bond donors (Lipinski definition) is 1. The minimum atomic E-state index is -0.390. The molecule has 0 spiro atoms. The summed E-state index contributed by atoms with van der Waals surface area (Å²) >= 11 is 9.60. The van der Waals surface area contributed by atoms with E-state index in [1.54, 1.807) is 31.4 Å². The minimum Gasteiger partial charge on any atom is -0.493 e. The van der Waals surface area contributed by atoms with Crippen LogP contribution in [-0.2, 0) is 13.2 Å². The molecule has 4 rings (SSSR count). The van der Waals surface area contributed by atoms with Crippen molar-refractivity contribution >= 4 is 39.7 Å². The quantitative estimate of drug-likeness (QED) is 0.131. The Labute approximate surface area is 246 Å². The molecule has 0 aromatic heterocycles. The van der Waals surface area contributed by atoms with Crippen molar-refractivity contribution in [2.45, 2.75) is 20.1 Å². The van der Waals surface area contributed by atoms with E-state index in [9.17, 15) is 4.79 Å². The summed E-state index contributed by atoms with van der Waals surface area (Å²) in [6, 6.07) is 25.9. The highest BCUT2D eigenvalue weighted by Gasteiger charge is 2.14. The van der Waals surface area contributed by atoms with Crippen molar-refractivity contribution in [3.63, 3.8) is 0 Å². The van der Waals surface area contributed by atoms with Gasteiger partial charge in [-0.15, -0.1) is 0 Å². The van der Waals surface area contributed by atoms with E-state index in [1.807, 2.05) is 67.6 Å². The molecule has 1 N–H and O–H groups in total. The molecule has 0 saturated carbocycles. The van der Waals surface area contributed by atoms with Gasteiger partial charge in [0.05, 0.1) is 24.4 Å². The van der Waals surface area contributed by atoms with Crippen molar-refractivity contribution in [2.24, 2.45) is 5.10 Å². The molecule has 0 aliphatic carbocycles. The van der Waals surface area contributed by atoms with Crippen molar-refractivity contribution in [1.29, 1.82) is 0 Å². The van der Waals surface area contributed by atoms with E-state index in [4.69, 9.17) is 30.5 Å². The third-order valence-electron chi connectivity index (χ3n) is 5.65. The van der Waals surface area contributed by atoms with E-state index in [0.29, 0.717) is 63.4 Å². The Hall–Kier alpha value is -4.01. The van der Waals surface area contributed by atoms with Gasteiger partial charge in [-0.2, -0.15) is 5.10 Å². The fourth-order valence-electron chi connectivity index (χ4n) is 3.74. The molecule has 40 heavy (non-hydrogen) atoms. The minimum absolute atomic E-state index is 0.318. The van der Waals surface area contributed by atoms with E-state index in [1.165, 1.54) is 6.21 Å². The summed E-state index contributed by atoms with van der Waals surface area (Å²) in [5, 5.41) is 4.75. The highest BCUT2D eigenvalue weighted by molar-refractivity contribution is 9.10. The standard InChI is InChI=1S/C31H28BrClN2O5/c1-3-38-28-17-24(12-13-27(28)39-19-21-8-5-4-6-9-21)31(36)35-34-18-23-15-26(32)30(29(16-23)37-2)40-20-22-10-7-11-25(33)14-22/h4-18H,3,19-20H2,1-2H3,(H,35,36)/b34-18+. The van der Waals surface area contributed by atoms with Gasteiger partial charge in [0.1, 0.15) is 13.2 Å². The number of benzene rings is 4.